The number of hydrogen-bond donors (Lipinski definition) is 1. The molecule has 3 aromatic rings. The molecule has 0 spiro atoms. The summed E-state index contributed by atoms with van der Waals surface area (Å²) in [6.07, 6.45) is 1.13. The standard InChI is InChI=1S/C23H17N3O4/c24-15-19(13-18-14-21(27)11-12-22(18)26(29)30)23(28)25(20-9-5-2-6-10-20)16-17-7-3-1-4-8-17/h1-14,27H,16H2/b19-13+. The van der Waals surface area contributed by atoms with Gasteiger partial charge in [-0.3, -0.25) is 14.9 Å². The number of nitro benzene ring substituents is 1. The van der Waals surface area contributed by atoms with Crippen molar-refractivity contribution in [2.75, 3.05) is 4.90 Å². The molecule has 0 saturated heterocycles. The van der Waals surface area contributed by atoms with Gasteiger partial charge in [0.15, 0.2) is 0 Å². The number of phenolic OH excluding ortho intramolecular Hbond substituents is 1. The molecule has 0 unspecified atom stereocenters. The molecule has 0 atom stereocenters. The van der Waals surface area contributed by atoms with Crippen molar-refractivity contribution in [3.05, 3.63) is 106 Å². The molecule has 0 aliphatic carbocycles. The molecule has 1 amide bonds. The number of anilines is 1. The van der Waals surface area contributed by atoms with E-state index in [1.165, 1.54) is 11.0 Å². The molecule has 0 fully saturated rings. The molecule has 0 heterocycles. The third-order valence-electron chi connectivity index (χ3n) is 4.36. The number of nitrogens with zero attached hydrogens (tertiary/aromatic N) is 3. The highest BCUT2D eigenvalue weighted by Crippen LogP contribution is 2.27. The second-order valence-corrected chi connectivity index (χ2v) is 6.38. The van der Waals surface area contributed by atoms with Crippen LogP contribution >= 0.6 is 0 Å². The van der Waals surface area contributed by atoms with E-state index in [1.807, 2.05) is 42.5 Å². The number of nitriles is 1. The molecule has 0 bridgehead atoms. The molecular weight excluding hydrogens is 382 g/mol. The Labute approximate surface area is 172 Å². The highest BCUT2D eigenvalue weighted by Gasteiger charge is 2.22. The number of phenols is 1. The van der Waals surface area contributed by atoms with Crippen LogP contribution in [-0.4, -0.2) is 15.9 Å². The van der Waals surface area contributed by atoms with Gasteiger partial charge in [0.1, 0.15) is 17.4 Å². The summed E-state index contributed by atoms with van der Waals surface area (Å²) in [5.74, 6) is -0.814. The average Bonchev–Trinajstić information content (AvgIpc) is 2.76. The Balaban J connectivity index is 2.04. The zero-order valence-electron chi connectivity index (χ0n) is 15.8. The van der Waals surface area contributed by atoms with E-state index in [0.29, 0.717) is 5.69 Å². The number of para-hydroxylation sites is 1. The van der Waals surface area contributed by atoms with Gasteiger partial charge in [0.25, 0.3) is 11.6 Å². The normalized spacial score (nSPS) is 10.8. The van der Waals surface area contributed by atoms with E-state index in [9.17, 15) is 25.3 Å². The van der Waals surface area contributed by atoms with Gasteiger partial charge in [0.05, 0.1) is 17.0 Å². The molecular formula is C23H17N3O4. The minimum atomic E-state index is -0.635. The first-order valence-corrected chi connectivity index (χ1v) is 8.99. The highest BCUT2D eigenvalue weighted by molar-refractivity contribution is 6.11. The van der Waals surface area contributed by atoms with E-state index in [0.717, 1.165) is 23.8 Å². The van der Waals surface area contributed by atoms with Gasteiger partial charge in [-0.25, -0.2) is 0 Å². The number of benzene rings is 3. The van der Waals surface area contributed by atoms with Crippen LogP contribution in [0, 0.1) is 21.4 Å². The minimum Gasteiger partial charge on any atom is -0.508 e. The number of carbonyl (C=O) groups is 1. The summed E-state index contributed by atoms with van der Waals surface area (Å²) in [6, 6.07) is 23.4. The SMILES string of the molecule is N#C/C(=C\c1cc(O)ccc1[N+](=O)[O-])C(=O)N(Cc1ccccc1)c1ccccc1. The first-order valence-electron chi connectivity index (χ1n) is 8.99. The van der Waals surface area contributed by atoms with Crippen molar-refractivity contribution in [2.45, 2.75) is 6.54 Å². The van der Waals surface area contributed by atoms with Gasteiger partial charge >= 0.3 is 0 Å². The second-order valence-electron chi connectivity index (χ2n) is 6.38. The van der Waals surface area contributed by atoms with Gasteiger partial charge in [-0.15, -0.1) is 0 Å². The van der Waals surface area contributed by atoms with Crippen molar-refractivity contribution in [1.29, 1.82) is 5.26 Å². The van der Waals surface area contributed by atoms with Crippen molar-refractivity contribution in [3.63, 3.8) is 0 Å². The van der Waals surface area contributed by atoms with Gasteiger partial charge in [-0.05, 0) is 35.9 Å². The maximum absolute atomic E-state index is 13.3. The molecule has 0 aromatic heterocycles. The number of nitro groups is 1. The maximum Gasteiger partial charge on any atom is 0.276 e. The molecule has 3 rings (SSSR count). The van der Waals surface area contributed by atoms with Crippen LogP contribution < -0.4 is 4.90 Å². The molecule has 0 aliphatic rings. The van der Waals surface area contributed by atoms with E-state index in [1.54, 1.807) is 24.3 Å². The van der Waals surface area contributed by atoms with E-state index in [4.69, 9.17) is 0 Å². The van der Waals surface area contributed by atoms with Crippen molar-refractivity contribution >= 4 is 23.4 Å². The van der Waals surface area contributed by atoms with E-state index < -0.39 is 10.8 Å². The summed E-state index contributed by atoms with van der Waals surface area (Å²) >= 11 is 0. The number of aromatic hydroxyl groups is 1. The van der Waals surface area contributed by atoms with Crippen molar-refractivity contribution < 1.29 is 14.8 Å². The van der Waals surface area contributed by atoms with Crippen molar-refractivity contribution in [3.8, 4) is 11.8 Å². The van der Waals surface area contributed by atoms with Crippen LogP contribution in [-0.2, 0) is 11.3 Å². The van der Waals surface area contributed by atoms with Crippen LogP contribution in [0.3, 0.4) is 0 Å². The van der Waals surface area contributed by atoms with Crippen LogP contribution in [0.1, 0.15) is 11.1 Å². The summed E-state index contributed by atoms with van der Waals surface area (Å²) in [4.78, 5) is 25.3. The monoisotopic (exact) mass is 399 g/mol. The lowest BCUT2D eigenvalue weighted by atomic mass is 10.1. The van der Waals surface area contributed by atoms with Gasteiger partial charge in [-0.1, -0.05) is 48.5 Å². The zero-order chi connectivity index (χ0) is 21.5. The molecule has 148 valence electrons. The van der Waals surface area contributed by atoms with Gasteiger partial charge in [0, 0.05) is 11.8 Å². The summed E-state index contributed by atoms with van der Waals surface area (Å²) in [5.41, 5.74) is 0.803. The molecule has 7 heteroatoms. The maximum atomic E-state index is 13.3. The third-order valence-corrected chi connectivity index (χ3v) is 4.36. The van der Waals surface area contributed by atoms with Gasteiger partial charge in [0.2, 0.25) is 0 Å². The molecule has 30 heavy (non-hydrogen) atoms. The van der Waals surface area contributed by atoms with Crippen molar-refractivity contribution in [2.24, 2.45) is 0 Å². The molecule has 7 nitrogen and oxygen atoms in total. The second kappa shape index (κ2) is 9.17. The zero-order valence-corrected chi connectivity index (χ0v) is 15.8. The van der Waals surface area contributed by atoms with Crippen LogP contribution in [0.15, 0.2) is 84.4 Å². The van der Waals surface area contributed by atoms with Gasteiger partial charge in [-0.2, -0.15) is 5.26 Å². The number of carbonyl (C=O) groups excluding carboxylic acids is 1. The molecule has 0 aliphatic heterocycles. The molecule has 3 aromatic carbocycles. The Morgan fingerprint density at radius 1 is 1.07 bits per heavy atom. The van der Waals surface area contributed by atoms with Crippen molar-refractivity contribution in [1.82, 2.24) is 0 Å². The molecule has 1 N–H and O–H groups in total. The third kappa shape index (κ3) is 4.69. The quantitative estimate of drug-likeness (QED) is 0.285. The van der Waals surface area contributed by atoms with E-state index in [2.05, 4.69) is 0 Å². The number of rotatable bonds is 6. The first-order chi connectivity index (χ1) is 14.5. The Hall–Kier alpha value is -4.44. The van der Waals surface area contributed by atoms with E-state index in [-0.39, 0.29) is 29.1 Å². The largest absolute Gasteiger partial charge is 0.508 e. The van der Waals surface area contributed by atoms with Gasteiger partial charge < -0.3 is 10.0 Å². The number of hydrogen-bond acceptors (Lipinski definition) is 5. The first kappa shape index (κ1) is 20.3. The average molecular weight is 399 g/mol. The van der Waals surface area contributed by atoms with Crippen LogP contribution in [0.5, 0.6) is 5.75 Å². The van der Waals surface area contributed by atoms with E-state index >= 15 is 0 Å². The Bertz CT molecular complexity index is 1140. The lowest BCUT2D eigenvalue weighted by Crippen LogP contribution is -2.31. The predicted octanol–water partition coefficient (Wildman–Crippen LogP) is 4.44. The Morgan fingerprint density at radius 2 is 1.70 bits per heavy atom. The summed E-state index contributed by atoms with van der Waals surface area (Å²) in [7, 11) is 0. The minimum absolute atomic E-state index is 0.0300. The Kier molecular flexibility index (Phi) is 6.20. The fourth-order valence-corrected chi connectivity index (χ4v) is 2.92. The summed E-state index contributed by atoms with van der Waals surface area (Å²) < 4.78 is 0. The summed E-state index contributed by atoms with van der Waals surface area (Å²) in [6.45, 7) is 0.213. The van der Waals surface area contributed by atoms with Crippen LogP contribution in [0.25, 0.3) is 6.08 Å². The Morgan fingerprint density at radius 3 is 2.30 bits per heavy atom. The smallest absolute Gasteiger partial charge is 0.276 e. The lowest BCUT2D eigenvalue weighted by molar-refractivity contribution is -0.385. The van der Waals surface area contributed by atoms with Crippen LogP contribution in [0.2, 0.25) is 0 Å². The molecule has 0 saturated carbocycles. The lowest BCUT2D eigenvalue weighted by Gasteiger charge is -2.22. The van der Waals surface area contributed by atoms with Crippen LogP contribution in [0.4, 0.5) is 11.4 Å². The fraction of sp³-hybridized carbons (Fsp3) is 0.0435. The number of amides is 1. The molecule has 0 radical (unpaired) electrons. The fourth-order valence-electron chi connectivity index (χ4n) is 2.92. The predicted molar refractivity (Wildman–Crippen MR) is 112 cm³/mol. The summed E-state index contributed by atoms with van der Waals surface area (Å²) in [5, 5.41) is 30.6. The topological polar surface area (TPSA) is 107 Å². The highest BCUT2D eigenvalue weighted by atomic mass is 16.6.